The number of nitrogens with zero attached hydrogens (tertiary/aromatic N) is 2. The van der Waals surface area contributed by atoms with Crippen LogP contribution in [-0.4, -0.2) is 19.1 Å². The molecule has 0 N–H and O–H groups in total. The molecule has 1 heterocycles. The molecule has 2 nitrogen and oxygen atoms in total. The lowest BCUT2D eigenvalue weighted by molar-refractivity contribution is 0.643. The Labute approximate surface area is 132 Å². The molecule has 21 heavy (non-hydrogen) atoms. The molecule has 2 aromatic rings. The van der Waals surface area contributed by atoms with Crippen LogP contribution in [0.3, 0.4) is 0 Å². The van der Waals surface area contributed by atoms with Crippen molar-refractivity contribution in [3.63, 3.8) is 0 Å². The zero-order valence-electron chi connectivity index (χ0n) is 13.2. The highest BCUT2D eigenvalue weighted by atomic mass is 35.5. The maximum atomic E-state index is 6.23. The SMILES string of the molecule is CCC(CC)c1ccc(Cl)cc1-c1ccnc(N(C)C)c1. The zero-order chi connectivity index (χ0) is 15.4. The van der Waals surface area contributed by atoms with E-state index < -0.39 is 0 Å². The molecule has 3 heteroatoms. The molecule has 0 bridgehead atoms. The number of aromatic nitrogens is 1. The first-order valence-corrected chi connectivity index (χ1v) is 7.87. The second kappa shape index (κ2) is 6.95. The summed E-state index contributed by atoms with van der Waals surface area (Å²) in [6, 6.07) is 10.4. The van der Waals surface area contributed by atoms with Gasteiger partial charge in [0.2, 0.25) is 0 Å². The van der Waals surface area contributed by atoms with Crippen LogP contribution in [0.4, 0.5) is 5.82 Å². The van der Waals surface area contributed by atoms with Crippen molar-refractivity contribution in [3.05, 3.63) is 47.1 Å². The van der Waals surface area contributed by atoms with Gasteiger partial charge in [0.15, 0.2) is 0 Å². The van der Waals surface area contributed by atoms with Gasteiger partial charge in [0.05, 0.1) is 0 Å². The summed E-state index contributed by atoms with van der Waals surface area (Å²) in [5, 5.41) is 0.780. The molecule has 1 aromatic heterocycles. The molecular weight excluding hydrogens is 280 g/mol. The monoisotopic (exact) mass is 302 g/mol. The van der Waals surface area contributed by atoms with E-state index in [-0.39, 0.29) is 0 Å². The quantitative estimate of drug-likeness (QED) is 0.738. The molecule has 2 rings (SSSR count). The fourth-order valence-corrected chi connectivity index (χ4v) is 2.87. The molecule has 0 aliphatic rings. The lowest BCUT2D eigenvalue weighted by Crippen LogP contribution is -2.10. The number of hydrogen-bond acceptors (Lipinski definition) is 2. The molecule has 0 amide bonds. The first-order valence-electron chi connectivity index (χ1n) is 7.50. The van der Waals surface area contributed by atoms with Gasteiger partial charge >= 0.3 is 0 Å². The van der Waals surface area contributed by atoms with Crippen molar-refractivity contribution in [1.82, 2.24) is 4.98 Å². The Kier molecular flexibility index (Phi) is 5.24. The number of anilines is 1. The van der Waals surface area contributed by atoms with Crippen molar-refractivity contribution in [1.29, 1.82) is 0 Å². The smallest absolute Gasteiger partial charge is 0.128 e. The summed E-state index contributed by atoms with van der Waals surface area (Å²) < 4.78 is 0. The molecule has 0 aliphatic heterocycles. The Morgan fingerprint density at radius 1 is 1.10 bits per heavy atom. The van der Waals surface area contributed by atoms with E-state index in [2.05, 4.69) is 43.1 Å². The van der Waals surface area contributed by atoms with Crippen molar-refractivity contribution in [2.75, 3.05) is 19.0 Å². The van der Waals surface area contributed by atoms with Gasteiger partial charge in [0.1, 0.15) is 5.82 Å². The molecule has 0 saturated heterocycles. The number of halogens is 1. The summed E-state index contributed by atoms with van der Waals surface area (Å²) in [5.74, 6) is 1.52. The van der Waals surface area contributed by atoms with Crippen LogP contribution in [0.5, 0.6) is 0 Å². The van der Waals surface area contributed by atoms with Crippen LogP contribution < -0.4 is 4.90 Å². The lowest BCUT2D eigenvalue weighted by Gasteiger charge is -2.19. The highest BCUT2D eigenvalue weighted by Gasteiger charge is 2.14. The molecule has 0 aliphatic carbocycles. The van der Waals surface area contributed by atoms with Gasteiger partial charge in [-0.05, 0) is 59.7 Å². The van der Waals surface area contributed by atoms with Crippen molar-refractivity contribution < 1.29 is 0 Å². The summed E-state index contributed by atoms with van der Waals surface area (Å²) in [6.45, 7) is 4.48. The predicted molar refractivity (Wildman–Crippen MR) is 92.3 cm³/mol. The van der Waals surface area contributed by atoms with E-state index in [0.717, 1.165) is 23.7 Å². The molecular formula is C18H23ClN2. The standard InChI is InChI=1S/C18H23ClN2/c1-5-13(6-2)16-8-7-15(19)12-17(16)14-9-10-20-18(11-14)21(3)4/h7-13H,5-6H2,1-4H3. The molecule has 0 radical (unpaired) electrons. The van der Waals surface area contributed by atoms with E-state index in [9.17, 15) is 0 Å². The average Bonchev–Trinajstić information content (AvgIpc) is 2.50. The lowest BCUT2D eigenvalue weighted by atomic mass is 9.87. The van der Waals surface area contributed by atoms with Crippen molar-refractivity contribution in [3.8, 4) is 11.1 Å². The number of benzene rings is 1. The van der Waals surface area contributed by atoms with Gasteiger partial charge in [-0.3, -0.25) is 0 Å². The normalized spacial score (nSPS) is 11.0. The number of pyridine rings is 1. The Balaban J connectivity index is 2.56. The molecule has 0 unspecified atom stereocenters. The van der Waals surface area contributed by atoms with Gasteiger partial charge in [0, 0.05) is 25.3 Å². The Morgan fingerprint density at radius 3 is 2.43 bits per heavy atom. The fraction of sp³-hybridized carbons (Fsp3) is 0.389. The third-order valence-electron chi connectivity index (χ3n) is 3.96. The summed E-state index contributed by atoms with van der Waals surface area (Å²) >= 11 is 6.23. The average molecular weight is 303 g/mol. The van der Waals surface area contributed by atoms with Crippen LogP contribution in [0.1, 0.15) is 38.2 Å². The number of hydrogen-bond donors (Lipinski definition) is 0. The highest BCUT2D eigenvalue weighted by Crippen LogP contribution is 2.35. The Morgan fingerprint density at radius 2 is 1.81 bits per heavy atom. The van der Waals surface area contributed by atoms with E-state index in [1.165, 1.54) is 16.7 Å². The van der Waals surface area contributed by atoms with E-state index in [0.29, 0.717) is 5.92 Å². The van der Waals surface area contributed by atoms with Gasteiger partial charge in [-0.1, -0.05) is 31.5 Å². The summed E-state index contributed by atoms with van der Waals surface area (Å²) in [4.78, 5) is 6.41. The minimum absolute atomic E-state index is 0.563. The van der Waals surface area contributed by atoms with Crippen molar-refractivity contribution >= 4 is 17.4 Å². The molecule has 0 spiro atoms. The maximum absolute atomic E-state index is 6.23. The van der Waals surface area contributed by atoms with E-state index in [1.807, 2.05) is 31.3 Å². The van der Waals surface area contributed by atoms with Gasteiger partial charge < -0.3 is 4.90 Å². The minimum atomic E-state index is 0.563. The Hall–Kier alpha value is -1.54. The first-order chi connectivity index (χ1) is 10.1. The van der Waals surface area contributed by atoms with Crippen molar-refractivity contribution in [2.24, 2.45) is 0 Å². The molecule has 112 valence electrons. The Bertz CT molecular complexity index is 604. The van der Waals surface area contributed by atoms with Crippen LogP contribution >= 0.6 is 11.6 Å². The van der Waals surface area contributed by atoms with Gasteiger partial charge in [-0.2, -0.15) is 0 Å². The second-order valence-corrected chi connectivity index (χ2v) is 5.98. The predicted octanol–water partition coefficient (Wildman–Crippen LogP) is 5.37. The van der Waals surface area contributed by atoms with Crippen LogP contribution in [0.25, 0.3) is 11.1 Å². The third-order valence-corrected chi connectivity index (χ3v) is 4.19. The zero-order valence-corrected chi connectivity index (χ0v) is 14.0. The van der Waals surface area contributed by atoms with Crippen LogP contribution in [0.15, 0.2) is 36.5 Å². The van der Waals surface area contributed by atoms with Crippen LogP contribution in [0, 0.1) is 0 Å². The highest BCUT2D eigenvalue weighted by molar-refractivity contribution is 6.30. The van der Waals surface area contributed by atoms with E-state index in [1.54, 1.807) is 0 Å². The maximum Gasteiger partial charge on any atom is 0.128 e. The minimum Gasteiger partial charge on any atom is -0.363 e. The first kappa shape index (κ1) is 15.8. The van der Waals surface area contributed by atoms with Crippen molar-refractivity contribution in [2.45, 2.75) is 32.6 Å². The van der Waals surface area contributed by atoms with Crippen LogP contribution in [0.2, 0.25) is 5.02 Å². The number of rotatable bonds is 5. The molecule has 0 fully saturated rings. The van der Waals surface area contributed by atoms with E-state index in [4.69, 9.17) is 11.6 Å². The third kappa shape index (κ3) is 3.56. The summed E-state index contributed by atoms with van der Waals surface area (Å²) in [7, 11) is 4.01. The molecule has 0 atom stereocenters. The summed E-state index contributed by atoms with van der Waals surface area (Å²) in [6.07, 6.45) is 4.13. The van der Waals surface area contributed by atoms with Crippen LogP contribution in [-0.2, 0) is 0 Å². The fourth-order valence-electron chi connectivity index (χ4n) is 2.69. The van der Waals surface area contributed by atoms with E-state index >= 15 is 0 Å². The second-order valence-electron chi connectivity index (χ2n) is 5.54. The summed E-state index contributed by atoms with van der Waals surface area (Å²) in [5.41, 5.74) is 3.78. The molecule has 0 saturated carbocycles. The van der Waals surface area contributed by atoms with Gasteiger partial charge in [-0.25, -0.2) is 4.98 Å². The molecule has 1 aromatic carbocycles. The topological polar surface area (TPSA) is 16.1 Å². The van der Waals surface area contributed by atoms with Gasteiger partial charge in [0.25, 0.3) is 0 Å². The largest absolute Gasteiger partial charge is 0.363 e. The van der Waals surface area contributed by atoms with Gasteiger partial charge in [-0.15, -0.1) is 0 Å².